The van der Waals surface area contributed by atoms with E-state index < -0.39 is 6.10 Å². The Balaban J connectivity index is 2.09. The Morgan fingerprint density at radius 1 is 1.21 bits per heavy atom. The number of fused-ring (bicyclic) bond motifs is 1. The Bertz CT molecular complexity index is 499. The molecule has 1 N–H and O–H groups in total. The lowest BCUT2D eigenvalue weighted by atomic mass is 10.0. The van der Waals surface area contributed by atoms with Gasteiger partial charge in [-0.2, -0.15) is 0 Å². The topological polar surface area (TPSA) is 36.6 Å². The van der Waals surface area contributed by atoms with Gasteiger partial charge in [-0.1, -0.05) is 32.0 Å². The summed E-state index contributed by atoms with van der Waals surface area (Å²) in [5.74, 6) is 1.21. The Labute approximate surface area is 114 Å². The standard InChI is InChI=1S/C16H23NO2/c1-11(2)12(3)17(4)10-14(18)16-9-13-7-5-6-8-15(13)19-16/h5-9,11-12,14,18H,10H2,1-4H3. The van der Waals surface area contributed by atoms with Gasteiger partial charge in [0.15, 0.2) is 0 Å². The molecule has 0 saturated carbocycles. The van der Waals surface area contributed by atoms with Crippen molar-refractivity contribution < 1.29 is 9.52 Å². The molecule has 0 saturated heterocycles. The Morgan fingerprint density at radius 3 is 2.53 bits per heavy atom. The largest absolute Gasteiger partial charge is 0.458 e. The molecule has 1 aromatic carbocycles. The molecule has 104 valence electrons. The fraction of sp³-hybridized carbons (Fsp3) is 0.500. The van der Waals surface area contributed by atoms with E-state index in [4.69, 9.17) is 4.42 Å². The second-order valence-corrected chi connectivity index (χ2v) is 5.63. The highest BCUT2D eigenvalue weighted by Gasteiger charge is 2.19. The van der Waals surface area contributed by atoms with E-state index in [0.29, 0.717) is 24.3 Å². The number of rotatable bonds is 5. The number of hydrogen-bond acceptors (Lipinski definition) is 3. The summed E-state index contributed by atoms with van der Waals surface area (Å²) in [6.07, 6.45) is -0.585. The Morgan fingerprint density at radius 2 is 1.89 bits per heavy atom. The van der Waals surface area contributed by atoms with Crippen molar-refractivity contribution >= 4 is 11.0 Å². The van der Waals surface area contributed by atoms with Crippen molar-refractivity contribution in [3.8, 4) is 0 Å². The summed E-state index contributed by atoms with van der Waals surface area (Å²) in [6, 6.07) is 10.2. The normalized spacial score (nSPS) is 15.3. The molecule has 1 aromatic heterocycles. The van der Waals surface area contributed by atoms with E-state index in [1.165, 1.54) is 0 Å². The summed E-state index contributed by atoms with van der Waals surface area (Å²) < 4.78 is 5.69. The monoisotopic (exact) mass is 261 g/mol. The quantitative estimate of drug-likeness (QED) is 0.895. The summed E-state index contributed by atoms with van der Waals surface area (Å²) in [7, 11) is 2.04. The van der Waals surface area contributed by atoms with E-state index in [9.17, 15) is 5.11 Å². The molecule has 2 unspecified atom stereocenters. The highest BCUT2D eigenvalue weighted by Crippen LogP contribution is 2.24. The Kier molecular flexibility index (Phi) is 4.27. The van der Waals surface area contributed by atoms with Crippen LogP contribution in [0.15, 0.2) is 34.7 Å². The summed E-state index contributed by atoms with van der Waals surface area (Å²) in [4.78, 5) is 2.17. The van der Waals surface area contributed by atoms with Gasteiger partial charge in [-0.25, -0.2) is 0 Å². The predicted octanol–water partition coefficient (Wildman–Crippen LogP) is 3.44. The zero-order valence-electron chi connectivity index (χ0n) is 12.1. The molecule has 0 aliphatic rings. The van der Waals surface area contributed by atoms with Crippen molar-refractivity contribution in [3.05, 3.63) is 36.1 Å². The number of aliphatic hydroxyl groups is 1. The lowest BCUT2D eigenvalue weighted by molar-refractivity contribution is 0.0813. The molecule has 0 spiro atoms. The molecule has 0 radical (unpaired) electrons. The number of furan rings is 1. The smallest absolute Gasteiger partial charge is 0.135 e. The first-order chi connectivity index (χ1) is 8.99. The van der Waals surface area contributed by atoms with Crippen LogP contribution < -0.4 is 0 Å². The zero-order valence-corrected chi connectivity index (χ0v) is 12.1. The first kappa shape index (κ1) is 14.1. The van der Waals surface area contributed by atoms with Crippen molar-refractivity contribution in [1.82, 2.24) is 4.90 Å². The van der Waals surface area contributed by atoms with Gasteiger partial charge in [-0.3, -0.25) is 0 Å². The van der Waals surface area contributed by atoms with Crippen molar-refractivity contribution in [2.24, 2.45) is 5.92 Å². The molecule has 1 heterocycles. The average Bonchev–Trinajstić information content (AvgIpc) is 2.81. The van der Waals surface area contributed by atoms with Crippen LogP contribution in [0.25, 0.3) is 11.0 Å². The number of para-hydroxylation sites is 1. The fourth-order valence-corrected chi connectivity index (χ4v) is 2.20. The van der Waals surface area contributed by atoms with Gasteiger partial charge in [0.05, 0.1) is 0 Å². The van der Waals surface area contributed by atoms with Crippen molar-refractivity contribution in [1.29, 1.82) is 0 Å². The third kappa shape index (κ3) is 3.17. The maximum atomic E-state index is 10.3. The molecule has 0 fully saturated rings. The van der Waals surface area contributed by atoms with Crippen LogP contribution in [0, 0.1) is 5.92 Å². The van der Waals surface area contributed by atoms with E-state index in [0.717, 1.165) is 11.0 Å². The van der Waals surface area contributed by atoms with Gasteiger partial charge in [0.2, 0.25) is 0 Å². The molecular weight excluding hydrogens is 238 g/mol. The van der Waals surface area contributed by atoms with Crippen LogP contribution in [0.1, 0.15) is 32.6 Å². The minimum absolute atomic E-state index is 0.430. The van der Waals surface area contributed by atoms with Gasteiger partial charge in [0.25, 0.3) is 0 Å². The molecule has 0 aliphatic carbocycles. The zero-order chi connectivity index (χ0) is 14.0. The van der Waals surface area contributed by atoms with Gasteiger partial charge in [0.1, 0.15) is 17.4 Å². The van der Waals surface area contributed by atoms with Crippen LogP contribution in [0.3, 0.4) is 0 Å². The molecule has 0 aliphatic heterocycles. The SMILES string of the molecule is CC(C)C(C)N(C)CC(O)c1cc2ccccc2o1. The van der Waals surface area contributed by atoms with Crippen LogP contribution in [0.2, 0.25) is 0 Å². The second kappa shape index (κ2) is 5.76. The predicted molar refractivity (Wildman–Crippen MR) is 78.1 cm³/mol. The third-order valence-electron chi connectivity index (χ3n) is 3.89. The molecule has 3 nitrogen and oxygen atoms in total. The highest BCUT2D eigenvalue weighted by molar-refractivity contribution is 5.77. The number of hydrogen-bond donors (Lipinski definition) is 1. The summed E-state index contributed by atoms with van der Waals surface area (Å²) in [6.45, 7) is 7.14. The molecule has 0 bridgehead atoms. The molecule has 0 amide bonds. The molecule has 2 aromatic rings. The van der Waals surface area contributed by atoms with Crippen molar-refractivity contribution in [2.45, 2.75) is 32.9 Å². The lowest BCUT2D eigenvalue weighted by Gasteiger charge is -2.29. The van der Waals surface area contributed by atoms with E-state index >= 15 is 0 Å². The maximum Gasteiger partial charge on any atom is 0.135 e. The molecule has 3 heteroatoms. The first-order valence-electron chi connectivity index (χ1n) is 6.86. The summed E-state index contributed by atoms with van der Waals surface area (Å²) in [5, 5.41) is 11.3. The van der Waals surface area contributed by atoms with Crippen LogP contribution in [0.5, 0.6) is 0 Å². The van der Waals surface area contributed by atoms with E-state index in [1.54, 1.807) is 0 Å². The molecule has 19 heavy (non-hydrogen) atoms. The van der Waals surface area contributed by atoms with Gasteiger partial charge in [0, 0.05) is 18.0 Å². The Hall–Kier alpha value is -1.32. The molecule has 2 rings (SSSR count). The lowest BCUT2D eigenvalue weighted by Crippen LogP contribution is -2.36. The highest BCUT2D eigenvalue weighted by atomic mass is 16.4. The first-order valence-corrected chi connectivity index (χ1v) is 6.86. The number of likely N-dealkylation sites (N-methyl/N-ethyl adjacent to an activating group) is 1. The maximum absolute atomic E-state index is 10.3. The number of aliphatic hydroxyl groups excluding tert-OH is 1. The van der Waals surface area contributed by atoms with E-state index in [2.05, 4.69) is 25.7 Å². The van der Waals surface area contributed by atoms with Gasteiger partial charge < -0.3 is 14.4 Å². The van der Waals surface area contributed by atoms with Gasteiger partial charge in [-0.15, -0.1) is 0 Å². The molecule has 2 atom stereocenters. The number of benzene rings is 1. The summed E-state index contributed by atoms with van der Waals surface area (Å²) >= 11 is 0. The van der Waals surface area contributed by atoms with Crippen molar-refractivity contribution in [2.75, 3.05) is 13.6 Å². The summed E-state index contributed by atoms with van der Waals surface area (Å²) in [5.41, 5.74) is 0.830. The van der Waals surface area contributed by atoms with Crippen LogP contribution >= 0.6 is 0 Å². The minimum atomic E-state index is -0.585. The van der Waals surface area contributed by atoms with Crippen LogP contribution in [-0.2, 0) is 0 Å². The molecular formula is C16H23NO2. The van der Waals surface area contributed by atoms with E-state index in [-0.39, 0.29) is 0 Å². The van der Waals surface area contributed by atoms with Crippen molar-refractivity contribution in [3.63, 3.8) is 0 Å². The average molecular weight is 261 g/mol. The van der Waals surface area contributed by atoms with Gasteiger partial charge >= 0.3 is 0 Å². The van der Waals surface area contributed by atoms with Crippen LogP contribution in [-0.4, -0.2) is 29.6 Å². The number of nitrogens with zero attached hydrogens (tertiary/aromatic N) is 1. The fourth-order valence-electron chi connectivity index (χ4n) is 2.20. The van der Waals surface area contributed by atoms with Gasteiger partial charge in [-0.05, 0) is 32.0 Å². The van der Waals surface area contributed by atoms with E-state index in [1.807, 2.05) is 37.4 Å². The minimum Gasteiger partial charge on any atom is -0.458 e. The third-order valence-corrected chi connectivity index (χ3v) is 3.89. The second-order valence-electron chi connectivity index (χ2n) is 5.63. The van der Waals surface area contributed by atoms with Crippen LogP contribution in [0.4, 0.5) is 0 Å².